The minimum absolute atomic E-state index is 0.117. The first-order valence-corrected chi connectivity index (χ1v) is 12.9. The van der Waals surface area contributed by atoms with E-state index in [1.807, 2.05) is 0 Å². The fourth-order valence-electron chi connectivity index (χ4n) is 3.97. The SMILES string of the molecule is CS(=O)(=O)c1ccc(-n2ncc3c(OC4CCN(C(=O)c5ccc(N)cn5)CC4)ncnc32)cc1. The van der Waals surface area contributed by atoms with E-state index in [0.29, 0.717) is 59.9 Å². The van der Waals surface area contributed by atoms with Crippen molar-refractivity contribution in [3.8, 4) is 11.6 Å². The molecular formula is C23H23N7O4S. The monoisotopic (exact) mass is 493 g/mol. The predicted octanol–water partition coefficient (Wildman–Crippen LogP) is 1.88. The number of pyridine rings is 1. The van der Waals surface area contributed by atoms with Crippen molar-refractivity contribution < 1.29 is 17.9 Å². The zero-order valence-corrected chi connectivity index (χ0v) is 19.7. The predicted molar refractivity (Wildman–Crippen MR) is 128 cm³/mol. The molecule has 0 bridgehead atoms. The van der Waals surface area contributed by atoms with Crippen molar-refractivity contribution in [3.05, 3.63) is 60.8 Å². The van der Waals surface area contributed by atoms with Crippen LogP contribution >= 0.6 is 0 Å². The average molecular weight is 494 g/mol. The van der Waals surface area contributed by atoms with E-state index in [4.69, 9.17) is 10.5 Å². The van der Waals surface area contributed by atoms with Gasteiger partial charge < -0.3 is 15.4 Å². The van der Waals surface area contributed by atoms with Gasteiger partial charge in [-0.2, -0.15) is 5.10 Å². The summed E-state index contributed by atoms with van der Waals surface area (Å²) >= 11 is 0. The Morgan fingerprint density at radius 3 is 2.43 bits per heavy atom. The Morgan fingerprint density at radius 2 is 1.77 bits per heavy atom. The molecule has 12 heteroatoms. The molecule has 4 heterocycles. The maximum atomic E-state index is 12.7. The van der Waals surface area contributed by atoms with Gasteiger partial charge in [0.05, 0.1) is 28.7 Å². The summed E-state index contributed by atoms with van der Waals surface area (Å²) < 4.78 is 31.2. The van der Waals surface area contributed by atoms with Gasteiger partial charge in [0.1, 0.15) is 23.5 Å². The van der Waals surface area contributed by atoms with E-state index in [-0.39, 0.29) is 16.9 Å². The van der Waals surface area contributed by atoms with Crippen molar-refractivity contribution in [2.45, 2.75) is 23.8 Å². The number of nitrogens with two attached hydrogens (primary N) is 1. The Kier molecular flexibility index (Phi) is 5.81. The summed E-state index contributed by atoms with van der Waals surface area (Å²) in [5.41, 5.74) is 7.74. The number of aromatic nitrogens is 5. The first-order chi connectivity index (χ1) is 16.8. The number of rotatable bonds is 5. The highest BCUT2D eigenvalue weighted by atomic mass is 32.2. The van der Waals surface area contributed by atoms with Crippen LogP contribution in [0.5, 0.6) is 5.88 Å². The van der Waals surface area contributed by atoms with E-state index in [9.17, 15) is 13.2 Å². The molecule has 0 aliphatic carbocycles. The Labute approximate surface area is 201 Å². The van der Waals surface area contributed by atoms with Gasteiger partial charge in [0.2, 0.25) is 5.88 Å². The van der Waals surface area contributed by atoms with E-state index < -0.39 is 9.84 Å². The quantitative estimate of drug-likeness (QED) is 0.440. The Balaban J connectivity index is 1.29. The van der Waals surface area contributed by atoms with E-state index in [0.717, 1.165) is 6.26 Å². The third kappa shape index (κ3) is 4.64. The Morgan fingerprint density at radius 1 is 1.03 bits per heavy atom. The fraction of sp³-hybridized carbons (Fsp3) is 0.261. The topological polar surface area (TPSA) is 146 Å². The molecule has 0 unspecified atom stereocenters. The molecule has 4 aromatic rings. The van der Waals surface area contributed by atoms with E-state index in [2.05, 4.69) is 20.1 Å². The van der Waals surface area contributed by atoms with Crippen molar-refractivity contribution >= 4 is 32.5 Å². The number of likely N-dealkylation sites (tertiary alicyclic amines) is 1. The van der Waals surface area contributed by atoms with Crippen molar-refractivity contribution in [2.75, 3.05) is 25.1 Å². The van der Waals surface area contributed by atoms with Crippen LogP contribution in [0.2, 0.25) is 0 Å². The van der Waals surface area contributed by atoms with Crippen LogP contribution in [0.4, 0.5) is 5.69 Å². The molecule has 0 atom stereocenters. The number of fused-ring (bicyclic) bond motifs is 1. The smallest absolute Gasteiger partial charge is 0.272 e. The number of hydrogen-bond donors (Lipinski definition) is 1. The van der Waals surface area contributed by atoms with Crippen LogP contribution in [-0.2, 0) is 9.84 Å². The summed E-state index contributed by atoms with van der Waals surface area (Å²) in [6.45, 7) is 1.07. The minimum atomic E-state index is -3.29. The number of benzene rings is 1. The maximum Gasteiger partial charge on any atom is 0.272 e. The van der Waals surface area contributed by atoms with Gasteiger partial charge in [-0.15, -0.1) is 0 Å². The summed E-state index contributed by atoms with van der Waals surface area (Å²) in [5.74, 6) is 0.287. The molecule has 0 spiro atoms. The highest BCUT2D eigenvalue weighted by Crippen LogP contribution is 2.27. The van der Waals surface area contributed by atoms with E-state index in [1.165, 1.54) is 24.7 Å². The number of hydrogen-bond acceptors (Lipinski definition) is 9. The number of carbonyl (C=O) groups excluding carboxylic acids is 1. The molecule has 1 aliphatic rings. The Bertz CT molecular complexity index is 1480. The second kappa shape index (κ2) is 8.95. The van der Waals surface area contributed by atoms with Crippen molar-refractivity contribution in [3.63, 3.8) is 0 Å². The highest BCUT2D eigenvalue weighted by Gasteiger charge is 2.26. The summed E-state index contributed by atoms with van der Waals surface area (Å²) in [6, 6.07) is 9.71. The third-order valence-corrected chi connectivity index (χ3v) is 6.98. The number of nitrogens with zero attached hydrogens (tertiary/aromatic N) is 6. The molecule has 1 aromatic carbocycles. The number of amides is 1. The lowest BCUT2D eigenvalue weighted by atomic mass is 10.1. The van der Waals surface area contributed by atoms with Gasteiger partial charge in [-0.1, -0.05) is 0 Å². The second-order valence-corrected chi connectivity index (χ2v) is 10.3. The molecular weight excluding hydrogens is 470 g/mol. The zero-order valence-electron chi connectivity index (χ0n) is 18.9. The number of ether oxygens (including phenoxy) is 1. The standard InChI is InChI=1S/C23H23N7O4S/c1-35(32,33)18-5-3-16(4-6-18)30-21-19(13-28-30)22(27-14-26-21)34-17-8-10-29(11-9-17)23(31)20-7-2-15(24)12-25-20/h2-7,12-14,17H,8-11,24H2,1H3. The first kappa shape index (κ1) is 22.7. The molecule has 180 valence electrons. The van der Waals surface area contributed by atoms with Gasteiger partial charge in [-0.25, -0.2) is 28.1 Å². The molecule has 1 saturated heterocycles. The molecule has 5 rings (SSSR count). The van der Waals surface area contributed by atoms with Crippen LogP contribution in [-0.4, -0.2) is 69.4 Å². The molecule has 1 fully saturated rings. The molecule has 2 N–H and O–H groups in total. The maximum absolute atomic E-state index is 12.7. The molecule has 3 aromatic heterocycles. The molecule has 0 radical (unpaired) electrons. The van der Waals surface area contributed by atoms with Crippen molar-refractivity contribution in [1.29, 1.82) is 0 Å². The number of piperidine rings is 1. The fourth-order valence-corrected chi connectivity index (χ4v) is 4.60. The van der Waals surface area contributed by atoms with E-state index in [1.54, 1.807) is 40.0 Å². The van der Waals surface area contributed by atoms with Crippen LogP contribution in [0.3, 0.4) is 0 Å². The van der Waals surface area contributed by atoms with Gasteiger partial charge >= 0.3 is 0 Å². The van der Waals surface area contributed by atoms with Gasteiger partial charge in [-0.3, -0.25) is 4.79 Å². The normalized spacial score (nSPS) is 14.8. The largest absolute Gasteiger partial charge is 0.474 e. The highest BCUT2D eigenvalue weighted by molar-refractivity contribution is 7.90. The molecule has 0 saturated carbocycles. The van der Waals surface area contributed by atoms with Gasteiger partial charge in [0.15, 0.2) is 15.5 Å². The summed E-state index contributed by atoms with van der Waals surface area (Å²) in [7, 11) is -3.29. The first-order valence-electron chi connectivity index (χ1n) is 11.0. The number of carbonyl (C=O) groups is 1. The summed E-state index contributed by atoms with van der Waals surface area (Å²) in [5, 5.41) is 5.04. The lowest BCUT2D eigenvalue weighted by Gasteiger charge is -2.31. The van der Waals surface area contributed by atoms with Crippen molar-refractivity contribution in [1.82, 2.24) is 29.6 Å². The van der Waals surface area contributed by atoms with Crippen LogP contribution < -0.4 is 10.5 Å². The lowest BCUT2D eigenvalue weighted by molar-refractivity contribution is 0.0585. The molecule has 1 aliphatic heterocycles. The third-order valence-electron chi connectivity index (χ3n) is 5.85. The summed E-state index contributed by atoms with van der Waals surface area (Å²) in [4.78, 5) is 27.4. The van der Waals surface area contributed by atoms with Crippen LogP contribution in [0.1, 0.15) is 23.3 Å². The van der Waals surface area contributed by atoms with Crippen LogP contribution in [0.15, 0.2) is 60.0 Å². The van der Waals surface area contributed by atoms with Gasteiger partial charge in [0.25, 0.3) is 5.91 Å². The molecule has 11 nitrogen and oxygen atoms in total. The van der Waals surface area contributed by atoms with Gasteiger partial charge in [-0.05, 0) is 36.4 Å². The molecule has 1 amide bonds. The number of nitrogen functional groups attached to an aromatic ring is 1. The minimum Gasteiger partial charge on any atom is -0.474 e. The molecule has 35 heavy (non-hydrogen) atoms. The number of anilines is 1. The average Bonchev–Trinajstić information content (AvgIpc) is 3.29. The van der Waals surface area contributed by atoms with Crippen molar-refractivity contribution in [2.24, 2.45) is 0 Å². The van der Waals surface area contributed by atoms with Crippen LogP contribution in [0.25, 0.3) is 16.7 Å². The zero-order chi connectivity index (χ0) is 24.6. The van der Waals surface area contributed by atoms with Gasteiger partial charge in [0, 0.05) is 32.2 Å². The van der Waals surface area contributed by atoms with E-state index >= 15 is 0 Å². The summed E-state index contributed by atoms with van der Waals surface area (Å²) in [6.07, 6.45) is 6.85. The lowest BCUT2D eigenvalue weighted by Crippen LogP contribution is -2.42. The number of sulfone groups is 1. The second-order valence-electron chi connectivity index (χ2n) is 8.32. The Hall–Kier alpha value is -4.06. The van der Waals surface area contributed by atoms with Crippen LogP contribution in [0, 0.1) is 0 Å².